The number of aryl methyl sites for hydroxylation is 1. The summed E-state index contributed by atoms with van der Waals surface area (Å²) in [7, 11) is 0. The summed E-state index contributed by atoms with van der Waals surface area (Å²) in [6.45, 7) is 8.12. The summed E-state index contributed by atoms with van der Waals surface area (Å²) >= 11 is 0. The van der Waals surface area contributed by atoms with E-state index in [1.54, 1.807) is 0 Å². The van der Waals surface area contributed by atoms with E-state index in [4.69, 9.17) is 0 Å². The Bertz CT molecular complexity index is 498. The van der Waals surface area contributed by atoms with E-state index in [9.17, 15) is 0 Å². The van der Waals surface area contributed by atoms with Crippen molar-refractivity contribution in [3.63, 3.8) is 0 Å². The van der Waals surface area contributed by atoms with E-state index in [0.29, 0.717) is 0 Å². The maximum atomic E-state index is 4.65. The third-order valence-electron chi connectivity index (χ3n) is 2.60. The molecule has 0 saturated carbocycles. The third-order valence-corrected chi connectivity index (χ3v) is 2.60. The molecule has 0 unspecified atom stereocenters. The van der Waals surface area contributed by atoms with Gasteiger partial charge in [-0.15, -0.1) is 0 Å². The lowest BCUT2D eigenvalue weighted by Crippen LogP contribution is -1.93. The zero-order valence-electron chi connectivity index (χ0n) is 11.6. The Labute approximate surface area is 110 Å². The van der Waals surface area contributed by atoms with Gasteiger partial charge in [0.15, 0.2) is 0 Å². The van der Waals surface area contributed by atoms with Gasteiger partial charge in [0, 0.05) is 5.71 Å². The van der Waals surface area contributed by atoms with E-state index in [-0.39, 0.29) is 0 Å². The minimum atomic E-state index is 1.05. The highest BCUT2D eigenvalue weighted by Gasteiger charge is 1.98. The maximum Gasteiger partial charge on any atom is 0.0662 e. The van der Waals surface area contributed by atoms with E-state index >= 15 is 0 Å². The van der Waals surface area contributed by atoms with Crippen molar-refractivity contribution in [1.82, 2.24) is 0 Å². The zero-order valence-corrected chi connectivity index (χ0v) is 11.6. The molecule has 0 N–H and O–H groups in total. The van der Waals surface area contributed by atoms with Gasteiger partial charge in [0.05, 0.1) is 5.69 Å². The number of rotatable bonds is 2. The number of benzene rings is 2. The van der Waals surface area contributed by atoms with Crippen LogP contribution < -0.4 is 0 Å². The van der Waals surface area contributed by atoms with Crippen LogP contribution in [0, 0.1) is 6.92 Å². The first kappa shape index (κ1) is 14.2. The number of hydrogen-bond acceptors (Lipinski definition) is 1. The van der Waals surface area contributed by atoms with Crippen molar-refractivity contribution >= 4 is 11.4 Å². The molecule has 0 heterocycles. The normalized spacial score (nSPS) is 10.6. The van der Waals surface area contributed by atoms with Crippen LogP contribution in [0.2, 0.25) is 0 Å². The molecule has 0 aliphatic heterocycles. The fourth-order valence-electron chi connectivity index (χ4n) is 1.61. The summed E-state index contributed by atoms with van der Waals surface area (Å²) in [5.74, 6) is 0. The van der Waals surface area contributed by atoms with Crippen molar-refractivity contribution in [3.05, 3.63) is 65.7 Å². The van der Waals surface area contributed by atoms with Crippen molar-refractivity contribution in [2.24, 2.45) is 4.99 Å². The molecule has 2 aromatic carbocycles. The Kier molecular flexibility index (Phi) is 5.86. The van der Waals surface area contributed by atoms with Gasteiger partial charge in [-0.25, -0.2) is 0 Å². The van der Waals surface area contributed by atoms with E-state index in [2.05, 4.69) is 30.1 Å². The van der Waals surface area contributed by atoms with Crippen LogP contribution in [0.5, 0.6) is 0 Å². The Morgan fingerprint density at radius 3 is 2.00 bits per heavy atom. The van der Waals surface area contributed by atoms with Gasteiger partial charge in [0.2, 0.25) is 0 Å². The van der Waals surface area contributed by atoms with Gasteiger partial charge in [-0.3, -0.25) is 4.99 Å². The van der Waals surface area contributed by atoms with Gasteiger partial charge in [-0.05, 0) is 31.0 Å². The second-order valence-electron chi connectivity index (χ2n) is 3.85. The summed E-state index contributed by atoms with van der Waals surface area (Å²) in [6, 6.07) is 18.4. The summed E-state index contributed by atoms with van der Waals surface area (Å²) in [5, 5.41) is 0. The van der Waals surface area contributed by atoms with E-state index in [1.807, 2.05) is 57.2 Å². The molecule has 94 valence electrons. The van der Waals surface area contributed by atoms with Crippen LogP contribution in [0.25, 0.3) is 0 Å². The van der Waals surface area contributed by atoms with Crippen LogP contribution in [0.3, 0.4) is 0 Å². The van der Waals surface area contributed by atoms with E-state index in [0.717, 1.165) is 11.4 Å². The van der Waals surface area contributed by atoms with Crippen molar-refractivity contribution in [2.45, 2.75) is 27.7 Å². The molecule has 1 heteroatoms. The lowest BCUT2D eigenvalue weighted by Gasteiger charge is -2.03. The van der Waals surface area contributed by atoms with Crippen LogP contribution in [-0.2, 0) is 0 Å². The molecule has 18 heavy (non-hydrogen) atoms. The number of para-hydroxylation sites is 1. The van der Waals surface area contributed by atoms with E-state index in [1.165, 1.54) is 11.1 Å². The van der Waals surface area contributed by atoms with Crippen LogP contribution in [0.15, 0.2) is 59.6 Å². The van der Waals surface area contributed by atoms with Gasteiger partial charge in [-0.2, -0.15) is 0 Å². The molecule has 0 bridgehead atoms. The topological polar surface area (TPSA) is 12.4 Å². The molecule has 0 aromatic heterocycles. The van der Waals surface area contributed by atoms with Crippen LogP contribution in [-0.4, -0.2) is 5.71 Å². The lowest BCUT2D eigenvalue weighted by molar-refractivity contribution is 1.38. The average Bonchev–Trinajstić information content (AvgIpc) is 2.44. The quantitative estimate of drug-likeness (QED) is 0.642. The van der Waals surface area contributed by atoms with Crippen molar-refractivity contribution in [3.8, 4) is 0 Å². The van der Waals surface area contributed by atoms with Crippen LogP contribution >= 0.6 is 0 Å². The van der Waals surface area contributed by atoms with Gasteiger partial charge < -0.3 is 0 Å². The number of nitrogens with zero attached hydrogens (tertiary/aromatic N) is 1. The second kappa shape index (κ2) is 7.44. The summed E-state index contributed by atoms with van der Waals surface area (Å²) < 4.78 is 0. The first-order chi connectivity index (χ1) is 8.77. The Morgan fingerprint density at radius 1 is 0.833 bits per heavy atom. The Hall–Kier alpha value is -1.89. The molecule has 0 aliphatic carbocycles. The lowest BCUT2D eigenvalue weighted by atomic mass is 10.1. The molecule has 0 atom stereocenters. The van der Waals surface area contributed by atoms with Gasteiger partial charge in [-0.1, -0.05) is 62.4 Å². The molecule has 0 amide bonds. The van der Waals surface area contributed by atoms with Crippen molar-refractivity contribution in [2.75, 3.05) is 0 Å². The van der Waals surface area contributed by atoms with Gasteiger partial charge >= 0.3 is 0 Å². The first-order valence-electron chi connectivity index (χ1n) is 6.44. The first-order valence-corrected chi connectivity index (χ1v) is 6.44. The third kappa shape index (κ3) is 3.85. The molecule has 2 aromatic rings. The minimum Gasteiger partial charge on any atom is -0.253 e. The maximum absolute atomic E-state index is 4.65. The highest BCUT2D eigenvalue weighted by molar-refractivity contribution is 6.00. The molecular formula is C17H21N. The number of aliphatic imine (C=N–C) groups is 1. The standard InChI is InChI=1S/C15H15N.C2H6/c1-12-8-6-7-11-15(12)16-13(2)14-9-4-3-5-10-14;1-2/h3-11H,1-2H3;1-2H3. The molecule has 0 fully saturated rings. The second-order valence-corrected chi connectivity index (χ2v) is 3.85. The van der Waals surface area contributed by atoms with E-state index < -0.39 is 0 Å². The fraction of sp³-hybridized carbons (Fsp3) is 0.235. The SMILES string of the molecule is CC.CC(=Nc1ccccc1C)c1ccccc1. The average molecular weight is 239 g/mol. The minimum absolute atomic E-state index is 1.05. The predicted molar refractivity (Wildman–Crippen MR) is 80.8 cm³/mol. The highest BCUT2D eigenvalue weighted by atomic mass is 14.7. The summed E-state index contributed by atoms with van der Waals surface area (Å²) in [6.07, 6.45) is 0. The smallest absolute Gasteiger partial charge is 0.0662 e. The van der Waals surface area contributed by atoms with Gasteiger partial charge in [0.1, 0.15) is 0 Å². The fourth-order valence-corrected chi connectivity index (χ4v) is 1.61. The van der Waals surface area contributed by atoms with Crippen molar-refractivity contribution in [1.29, 1.82) is 0 Å². The Morgan fingerprint density at radius 2 is 1.39 bits per heavy atom. The number of hydrogen-bond donors (Lipinski definition) is 0. The highest BCUT2D eigenvalue weighted by Crippen LogP contribution is 2.18. The van der Waals surface area contributed by atoms with Crippen LogP contribution in [0.4, 0.5) is 5.69 Å². The molecule has 0 radical (unpaired) electrons. The molecular weight excluding hydrogens is 218 g/mol. The summed E-state index contributed by atoms with van der Waals surface area (Å²) in [5.41, 5.74) is 4.47. The van der Waals surface area contributed by atoms with Crippen LogP contribution in [0.1, 0.15) is 31.9 Å². The molecule has 2 rings (SSSR count). The molecule has 0 saturated heterocycles. The van der Waals surface area contributed by atoms with Gasteiger partial charge in [0.25, 0.3) is 0 Å². The predicted octanol–water partition coefficient (Wildman–Crippen LogP) is 5.16. The monoisotopic (exact) mass is 239 g/mol. The Balaban J connectivity index is 0.000000771. The summed E-state index contributed by atoms with van der Waals surface area (Å²) in [4.78, 5) is 4.65. The molecule has 0 spiro atoms. The zero-order chi connectivity index (χ0) is 13.4. The molecule has 0 aliphatic rings. The molecule has 1 nitrogen and oxygen atoms in total. The largest absolute Gasteiger partial charge is 0.253 e. The van der Waals surface area contributed by atoms with Crippen molar-refractivity contribution < 1.29 is 0 Å².